The van der Waals surface area contributed by atoms with Gasteiger partial charge >= 0.3 is 0 Å². The normalized spacial score (nSPS) is 18.4. The Labute approximate surface area is 97.0 Å². The lowest BCUT2D eigenvalue weighted by molar-refractivity contribution is 0.414. The summed E-state index contributed by atoms with van der Waals surface area (Å²) in [6.45, 7) is 0.707. The quantitative estimate of drug-likeness (QED) is 0.819. The van der Waals surface area contributed by atoms with Crippen LogP contribution < -0.4 is 15.8 Å². The van der Waals surface area contributed by atoms with Crippen molar-refractivity contribution in [1.29, 1.82) is 0 Å². The third kappa shape index (κ3) is 2.30. The van der Waals surface area contributed by atoms with Crippen molar-refractivity contribution in [1.82, 2.24) is 0 Å². The van der Waals surface area contributed by atoms with Crippen molar-refractivity contribution in [3.63, 3.8) is 0 Å². The van der Waals surface area contributed by atoms with Crippen molar-refractivity contribution < 1.29 is 4.74 Å². The van der Waals surface area contributed by atoms with Gasteiger partial charge in [0.15, 0.2) is 0 Å². The standard InChI is InChI=1S/C13H20N2O/c1-16-12-6-4-11(5-7-12)15-13(10-14)8-2-3-9-13/h4-7,15H,2-3,8-10,14H2,1H3. The molecule has 0 saturated heterocycles. The van der Waals surface area contributed by atoms with Crippen LogP contribution in [0.4, 0.5) is 5.69 Å². The Morgan fingerprint density at radius 2 is 1.88 bits per heavy atom. The first kappa shape index (κ1) is 11.3. The summed E-state index contributed by atoms with van der Waals surface area (Å²) in [6.07, 6.45) is 4.91. The lowest BCUT2D eigenvalue weighted by Gasteiger charge is -2.30. The number of methoxy groups -OCH3 is 1. The lowest BCUT2D eigenvalue weighted by Crippen LogP contribution is -2.42. The molecule has 1 aromatic rings. The van der Waals surface area contributed by atoms with Gasteiger partial charge in [0.2, 0.25) is 0 Å². The Morgan fingerprint density at radius 1 is 1.25 bits per heavy atom. The van der Waals surface area contributed by atoms with Gasteiger partial charge in [0.05, 0.1) is 7.11 Å². The number of nitrogens with one attached hydrogen (secondary N) is 1. The van der Waals surface area contributed by atoms with E-state index in [9.17, 15) is 0 Å². The van der Waals surface area contributed by atoms with E-state index in [0.29, 0.717) is 6.54 Å². The minimum absolute atomic E-state index is 0.120. The second kappa shape index (κ2) is 4.74. The molecule has 3 N–H and O–H groups in total. The molecule has 0 bridgehead atoms. The van der Waals surface area contributed by atoms with Crippen molar-refractivity contribution >= 4 is 5.69 Å². The molecule has 0 amide bonds. The van der Waals surface area contributed by atoms with E-state index in [1.165, 1.54) is 25.7 Å². The van der Waals surface area contributed by atoms with E-state index in [2.05, 4.69) is 17.4 Å². The fraction of sp³-hybridized carbons (Fsp3) is 0.538. The average Bonchev–Trinajstić information content (AvgIpc) is 2.79. The largest absolute Gasteiger partial charge is 0.497 e. The van der Waals surface area contributed by atoms with Crippen LogP contribution in [0.15, 0.2) is 24.3 Å². The van der Waals surface area contributed by atoms with Crippen LogP contribution in [0, 0.1) is 0 Å². The maximum atomic E-state index is 5.89. The molecule has 88 valence electrons. The third-order valence-corrected chi connectivity index (χ3v) is 3.45. The minimum atomic E-state index is 0.120. The van der Waals surface area contributed by atoms with Crippen LogP contribution in [-0.4, -0.2) is 19.2 Å². The van der Waals surface area contributed by atoms with Crippen LogP contribution in [-0.2, 0) is 0 Å². The molecule has 1 aliphatic rings. The van der Waals surface area contributed by atoms with E-state index in [-0.39, 0.29) is 5.54 Å². The van der Waals surface area contributed by atoms with Gasteiger partial charge in [0, 0.05) is 17.8 Å². The molecule has 1 saturated carbocycles. The first-order valence-corrected chi connectivity index (χ1v) is 5.90. The van der Waals surface area contributed by atoms with Crippen LogP contribution in [0.1, 0.15) is 25.7 Å². The molecule has 0 radical (unpaired) electrons. The van der Waals surface area contributed by atoms with E-state index < -0.39 is 0 Å². The summed E-state index contributed by atoms with van der Waals surface area (Å²) in [6, 6.07) is 8.05. The lowest BCUT2D eigenvalue weighted by atomic mass is 9.97. The zero-order chi connectivity index (χ0) is 11.4. The van der Waals surface area contributed by atoms with Gasteiger partial charge < -0.3 is 15.8 Å². The number of anilines is 1. The topological polar surface area (TPSA) is 47.3 Å². The highest BCUT2D eigenvalue weighted by Crippen LogP contribution is 2.32. The summed E-state index contributed by atoms with van der Waals surface area (Å²) >= 11 is 0. The molecular weight excluding hydrogens is 200 g/mol. The second-order valence-electron chi connectivity index (χ2n) is 4.55. The average molecular weight is 220 g/mol. The van der Waals surface area contributed by atoms with Crippen molar-refractivity contribution in [2.75, 3.05) is 19.0 Å². The minimum Gasteiger partial charge on any atom is -0.497 e. The molecule has 0 aromatic heterocycles. The molecule has 0 unspecified atom stereocenters. The fourth-order valence-electron chi connectivity index (χ4n) is 2.41. The van der Waals surface area contributed by atoms with Gasteiger partial charge in [-0.05, 0) is 37.1 Å². The highest BCUT2D eigenvalue weighted by atomic mass is 16.5. The van der Waals surface area contributed by atoms with Gasteiger partial charge in [-0.2, -0.15) is 0 Å². The molecule has 0 aliphatic heterocycles. The summed E-state index contributed by atoms with van der Waals surface area (Å²) < 4.78 is 5.14. The summed E-state index contributed by atoms with van der Waals surface area (Å²) in [5.41, 5.74) is 7.14. The van der Waals surface area contributed by atoms with E-state index in [0.717, 1.165) is 11.4 Å². The first-order valence-electron chi connectivity index (χ1n) is 5.90. The smallest absolute Gasteiger partial charge is 0.119 e. The molecule has 2 rings (SSSR count). The molecule has 3 heteroatoms. The zero-order valence-electron chi connectivity index (χ0n) is 9.83. The Balaban J connectivity index is 2.07. The second-order valence-corrected chi connectivity index (χ2v) is 4.55. The highest BCUT2D eigenvalue weighted by molar-refractivity contribution is 5.48. The predicted molar refractivity (Wildman–Crippen MR) is 66.9 cm³/mol. The van der Waals surface area contributed by atoms with Gasteiger partial charge in [-0.1, -0.05) is 12.8 Å². The first-order chi connectivity index (χ1) is 7.78. The van der Waals surface area contributed by atoms with Crippen LogP contribution in [0.3, 0.4) is 0 Å². The summed E-state index contributed by atoms with van der Waals surface area (Å²) in [5.74, 6) is 0.888. The SMILES string of the molecule is COc1ccc(NC2(CN)CCCC2)cc1. The number of hydrogen-bond acceptors (Lipinski definition) is 3. The van der Waals surface area contributed by atoms with E-state index in [1.807, 2.05) is 12.1 Å². The van der Waals surface area contributed by atoms with E-state index >= 15 is 0 Å². The highest BCUT2D eigenvalue weighted by Gasteiger charge is 2.31. The van der Waals surface area contributed by atoms with Gasteiger partial charge in [-0.3, -0.25) is 0 Å². The Morgan fingerprint density at radius 3 is 2.38 bits per heavy atom. The summed E-state index contributed by atoms with van der Waals surface area (Å²) in [4.78, 5) is 0. The Bertz CT molecular complexity index is 328. The van der Waals surface area contributed by atoms with Crippen LogP contribution >= 0.6 is 0 Å². The molecule has 1 aromatic carbocycles. The van der Waals surface area contributed by atoms with Crippen molar-refractivity contribution in [3.8, 4) is 5.75 Å². The van der Waals surface area contributed by atoms with Gasteiger partial charge in [-0.25, -0.2) is 0 Å². The maximum Gasteiger partial charge on any atom is 0.119 e. The van der Waals surface area contributed by atoms with Crippen LogP contribution in [0.2, 0.25) is 0 Å². The zero-order valence-corrected chi connectivity index (χ0v) is 9.83. The Kier molecular flexibility index (Phi) is 3.34. The number of benzene rings is 1. The van der Waals surface area contributed by atoms with Crippen LogP contribution in [0.5, 0.6) is 5.75 Å². The Hall–Kier alpha value is -1.22. The number of rotatable bonds is 4. The van der Waals surface area contributed by atoms with Crippen LogP contribution in [0.25, 0.3) is 0 Å². The van der Waals surface area contributed by atoms with E-state index in [4.69, 9.17) is 10.5 Å². The predicted octanol–water partition coefficient (Wildman–Crippen LogP) is 2.38. The molecule has 1 aliphatic carbocycles. The molecule has 0 atom stereocenters. The molecule has 16 heavy (non-hydrogen) atoms. The fourth-order valence-corrected chi connectivity index (χ4v) is 2.41. The molecule has 0 spiro atoms. The monoisotopic (exact) mass is 220 g/mol. The van der Waals surface area contributed by atoms with Gasteiger partial charge in [0.1, 0.15) is 5.75 Å². The van der Waals surface area contributed by atoms with Crippen molar-refractivity contribution in [2.24, 2.45) is 5.73 Å². The number of nitrogens with two attached hydrogens (primary N) is 1. The van der Waals surface area contributed by atoms with E-state index in [1.54, 1.807) is 7.11 Å². The summed E-state index contributed by atoms with van der Waals surface area (Å²) in [5, 5.41) is 3.57. The maximum absolute atomic E-state index is 5.89. The molecule has 3 nitrogen and oxygen atoms in total. The van der Waals surface area contributed by atoms with Crippen molar-refractivity contribution in [2.45, 2.75) is 31.2 Å². The third-order valence-electron chi connectivity index (χ3n) is 3.45. The molecular formula is C13H20N2O. The summed E-state index contributed by atoms with van der Waals surface area (Å²) in [7, 11) is 1.68. The van der Waals surface area contributed by atoms with Gasteiger partial charge in [-0.15, -0.1) is 0 Å². The number of ether oxygens (including phenoxy) is 1. The number of hydrogen-bond donors (Lipinski definition) is 2. The molecule has 1 fully saturated rings. The molecule has 0 heterocycles. The van der Waals surface area contributed by atoms with Gasteiger partial charge in [0.25, 0.3) is 0 Å². The van der Waals surface area contributed by atoms with Crippen molar-refractivity contribution in [3.05, 3.63) is 24.3 Å².